The van der Waals surface area contributed by atoms with Crippen LogP contribution in [0.25, 0.3) is 0 Å². The highest BCUT2D eigenvalue weighted by molar-refractivity contribution is 5.94. The van der Waals surface area contributed by atoms with Gasteiger partial charge in [0, 0.05) is 30.2 Å². The molecule has 4 nitrogen and oxygen atoms in total. The van der Waals surface area contributed by atoms with Crippen LogP contribution in [0.1, 0.15) is 48.5 Å². The molecule has 0 bridgehead atoms. The van der Waals surface area contributed by atoms with Crippen LogP contribution in [-0.2, 0) is 11.3 Å². The van der Waals surface area contributed by atoms with Gasteiger partial charge in [0.15, 0.2) is 0 Å². The number of carbonyl (C=O) groups is 1. The summed E-state index contributed by atoms with van der Waals surface area (Å²) in [6.07, 6.45) is 4.88. The van der Waals surface area contributed by atoms with Gasteiger partial charge in [-0.1, -0.05) is 18.6 Å². The Hall–Kier alpha value is -1.39. The minimum Gasteiger partial charge on any atom is -0.378 e. The summed E-state index contributed by atoms with van der Waals surface area (Å²) in [7, 11) is 0. The van der Waals surface area contributed by atoms with E-state index in [9.17, 15) is 4.79 Å². The van der Waals surface area contributed by atoms with Crippen LogP contribution in [0, 0.1) is 5.41 Å². The normalized spacial score (nSPS) is 26.0. The molecule has 4 heteroatoms. The van der Waals surface area contributed by atoms with Crippen molar-refractivity contribution in [2.24, 2.45) is 11.1 Å². The van der Waals surface area contributed by atoms with Crippen molar-refractivity contribution in [1.29, 1.82) is 0 Å². The Morgan fingerprint density at radius 1 is 1.38 bits per heavy atom. The lowest BCUT2D eigenvalue weighted by atomic mass is 9.51. The molecule has 2 aliphatic rings. The quantitative estimate of drug-likeness (QED) is 0.873. The maximum Gasteiger partial charge on any atom is 0.251 e. The molecule has 0 aromatic heterocycles. The molecule has 2 unspecified atom stereocenters. The maximum atomic E-state index is 12.4. The lowest BCUT2D eigenvalue weighted by Gasteiger charge is -2.61. The molecule has 1 aromatic carbocycles. The summed E-state index contributed by atoms with van der Waals surface area (Å²) in [6.45, 7) is 3.30. The van der Waals surface area contributed by atoms with Crippen LogP contribution in [0.15, 0.2) is 24.3 Å². The van der Waals surface area contributed by atoms with Gasteiger partial charge in [0.1, 0.15) is 0 Å². The first-order valence-corrected chi connectivity index (χ1v) is 7.91. The average Bonchev–Trinajstić information content (AvgIpc) is 2.44. The first-order valence-electron chi connectivity index (χ1n) is 7.91. The predicted octanol–water partition coefficient (Wildman–Crippen LogP) is 2.22. The molecule has 3 rings (SSSR count). The van der Waals surface area contributed by atoms with Crippen LogP contribution in [0.3, 0.4) is 0 Å². The fourth-order valence-electron chi connectivity index (χ4n) is 3.67. The monoisotopic (exact) mass is 288 g/mol. The Morgan fingerprint density at radius 3 is 2.62 bits per heavy atom. The molecule has 21 heavy (non-hydrogen) atoms. The molecule has 2 aliphatic carbocycles. The molecule has 0 radical (unpaired) electrons. The van der Waals surface area contributed by atoms with Crippen molar-refractivity contribution < 1.29 is 9.53 Å². The number of carbonyl (C=O) groups excluding carboxylic acids is 1. The summed E-state index contributed by atoms with van der Waals surface area (Å²) >= 11 is 0. The molecule has 1 amide bonds. The second-order valence-electron chi connectivity index (χ2n) is 6.19. The fourth-order valence-corrected chi connectivity index (χ4v) is 3.67. The first-order chi connectivity index (χ1) is 10.2. The van der Waals surface area contributed by atoms with Crippen molar-refractivity contribution in [1.82, 2.24) is 5.32 Å². The largest absolute Gasteiger partial charge is 0.378 e. The van der Waals surface area contributed by atoms with E-state index in [1.165, 1.54) is 19.3 Å². The number of nitrogens with two attached hydrogens (primary N) is 1. The average molecular weight is 288 g/mol. The maximum absolute atomic E-state index is 12.4. The zero-order valence-corrected chi connectivity index (χ0v) is 12.6. The highest BCUT2D eigenvalue weighted by atomic mass is 16.5. The summed E-state index contributed by atoms with van der Waals surface area (Å²) < 4.78 is 5.82. The van der Waals surface area contributed by atoms with E-state index >= 15 is 0 Å². The van der Waals surface area contributed by atoms with E-state index in [0.717, 1.165) is 18.6 Å². The summed E-state index contributed by atoms with van der Waals surface area (Å²) in [5, 5.41) is 3.20. The van der Waals surface area contributed by atoms with Gasteiger partial charge < -0.3 is 15.8 Å². The number of benzene rings is 1. The molecule has 3 N–H and O–H groups in total. The van der Waals surface area contributed by atoms with E-state index in [1.54, 1.807) is 0 Å². The molecule has 1 spiro atoms. The summed E-state index contributed by atoms with van der Waals surface area (Å²) in [6, 6.07) is 7.80. The molecule has 114 valence electrons. The van der Waals surface area contributed by atoms with Crippen LogP contribution in [0.4, 0.5) is 0 Å². The highest BCUT2D eigenvalue weighted by Crippen LogP contribution is 2.57. The SMILES string of the molecule is CCOC1CC(NC(=O)c2ccc(CN)cc2)C12CCC2. The smallest absolute Gasteiger partial charge is 0.251 e. The zero-order valence-electron chi connectivity index (χ0n) is 12.6. The standard InChI is InChI=1S/C17H24N2O2/c1-2-21-15-10-14(17(15)8-3-9-17)19-16(20)13-6-4-12(11-18)5-7-13/h4-7,14-15H,2-3,8-11,18H2,1H3,(H,19,20). The summed E-state index contributed by atoms with van der Waals surface area (Å²) in [4.78, 5) is 12.4. The van der Waals surface area contributed by atoms with Crippen LogP contribution >= 0.6 is 0 Å². The van der Waals surface area contributed by atoms with Crippen molar-refractivity contribution in [2.75, 3.05) is 6.61 Å². The topological polar surface area (TPSA) is 64.3 Å². The number of rotatable bonds is 5. The number of amides is 1. The van der Waals surface area contributed by atoms with Crippen LogP contribution in [-0.4, -0.2) is 24.7 Å². The third-order valence-electron chi connectivity index (χ3n) is 5.19. The number of hydrogen-bond donors (Lipinski definition) is 2. The lowest BCUT2D eigenvalue weighted by Crippen LogP contribution is -2.67. The minimum absolute atomic E-state index is 0.0183. The molecule has 0 heterocycles. The Morgan fingerprint density at radius 2 is 2.10 bits per heavy atom. The Kier molecular flexibility index (Phi) is 4.00. The molecule has 2 saturated carbocycles. The Balaban J connectivity index is 1.62. The van der Waals surface area contributed by atoms with E-state index in [1.807, 2.05) is 31.2 Å². The van der Waals surface area contributed by atoms with Crippen molar-refractivity contribution in [3.05, 3.63) is 35.4 Å². The van der Waals surface area contributed by atoms with Crippen LogP contribution in [0.5, 0.6) is 0 Å². The molecule has 2 atom stereocenters. The van der Waals surface area contributed by atoms with E-state index in [0.29, 0.717) is 18.2 Å². The van der Waals surface area contributed by atoms with Gasteiger partial charge in [0.25, 0.3) is 5.91 Å². The number of ether oxygens (including phenoxy) is 1. The van der Waals surface area contributed by atoms with Crippen LogP contribution < -0.4 is 11.1 Å². The van der Waals surface area contributed by atoms with Gasteiger partial charge in [-0.3, -0.25) is 4.79 Å². The van der Waals surface area contributed by atoms with Gasteiger partial charge in [0.05, 0.1) is 6.10 Å². The number of hydrogen-bond acceptors (Lipinski definition) is 3. The van der Waals surface area contributed by atoms with Gasteiger partial charge in [0.2, 0.25) is 0 Å². The van der Waals surface area contributed by atoms with Crippen molar-refractivity contribution in [3.63, 3.8) is 0 Å². The van der Waals surface area contributed by atoms with Gasteiger partial charge in [-0.15, -0.1) is 0 Å². The van der Waals surface area contributed by atoms with Crippen molar-refractivity contribution >= 4 is 5.91 Å². The molecule has 0 saturated heterocycles. The molecular weight excluding hydrogens is 264 g/mol. The zero-order chi connectivity index (χ0) is 14.9. The van der Waals surface area contributed by atoms with Gasteiger partial charge >= 0.3 is 0 Å². The molecular formula is C17H24N2O2. The predicted molar refractivity (Wildman–Crippen MR) is 81.9 cm³/mol. The highest BCUT2D eigenvalue weighted by Gasteiger charge is 2.59. The first kappa shape index (κ1) is 14.5. The van der Waals surface area contributed by atoms with Crippen molar-refractivity contribution in [2.45, 2.75) is 51.3 Å². The summed E-state index contributed by atoms with van der Waals surface area (Å²) in [5.41, 5.74) is 7.54. The third kappa shape index (κ3) is 2.47. The molecule has 0 aliphatic heterocycles. The second-order valence-corrected chi connectivity index (χ2v) is 6.19. The van der Waals surface area contributed by atoms with Gasteiger partial charge in [-0.25, -0.2) is 0 Å². The van der Waals surface area contributed by atoms with E-state index in [2.05, 4.69) is 5.32 Å². The Labute approximate surface area is 126 Å². The Bertz CT molecular complexity index is 508. The fraction of sp³-hybridized carbons (Fsp3) is 0.588. The lowest BCUT2D eigenvalue weighted by molar-refractivity contribution is -0.169. The van der Waals surface area contributed by atoms with Gasteiger partial charge in [-0.2, -0.15) is 0 Å². The van der Waals surface area contributed by atoms with Crippen LogP contribution in [0.2, 0.25) is 0 Å². The molecule has 1 aromatic rings. The minimum atomic E-state index is 0.0183. The second kappa shape index (κ2) is 5.78. The third-order valence-corrected chi connectivity index (χ3v) is 5.19. The van der Waals surface area contributed by atoms with E-state index in [-0.39, 0.29) is 17.4 Å². The van der Waals surface area contributed by atoms with E-state index < -0.39 is 0 Å². The molecule has 2 fully saturated rings. The number of nitrogens with one attached hydrogen (secondary N) is 1. The van der Waals surface area contributed by atoms with Crippen molar-refractivity contribution in [3.8, 4) is 0 Å². The summed E-state index contributed by atoms with van der Waals surface area (Å²) in [5.74, 6) is 0.0183. The van der Waals surface area contributed by atoms with E-state index in [4.69, 9.17) is 10.5 Å². The van der Waals surface area contributed by atoms with Gasteiger partial charge in [-0.05, 0) is 43.9 Å².